The van der Waals surface area contributed by atoms with Crippen LogP contribution < -0.4 is 5.32 Å². The molecule has 0 aromatic rings. The second-order valence-corrected chi connectivity index (χ2v) is 4.42. The summed E-state index contributed by atoms with van der Waals surface area (Å²) in [6.45, 7) is 11.8. The summed E-state index contributed by atoms with van der Waals surface area (Å²) in [5, 5.41) is 3.30. The third-order valence-electron chi connectivity index (χ3n) is 3.54. The van der Waals surface area contributed by atoms with Crippen molar-refractivity contribution in [1.82, 2.24) is 15.1 Å². The topological polar surface area (TPSA) is 18.5 Å². The molecule has 1 rings (SSSR count). The molecule has 3 nitrogen and oxygen atoms in total. The number of likely N-dealkylation sites (tertiary alicyclic amines) is 1. The second-order valence-electron chi connectivity index (χ2n) is 4.42. The minimum atomic E-state index is 0.783. The van der Waals surface area contributed by atoms with E-state index in [1.54, 1.807) is 0 Å². The Balaban J connectivity index is 2.24. The van der Waals surface area contributed by atoms with E-state index >= 15 is 0 Å². The highest BCUT2D eigenvalue weighted by Gasteiger charge is 2.23. The fourth-order valence-corrected chi connectivity index (χ4v) is 2.47. The summed E-state index contributed by atoms with van der Waals surface area (Å²) in [5.41, 5.74) is 0. The van der Waals surface area contributed by atoms with Gasteiger partial charge >= 0.3 is 0 Å². The Kier molecular flexibility index (Phi) is 6.22. The van der Waals surface area contributed by atoms with Crippen LogP contribution in [0.15, 0.2) is 0 Å². The molecule has 1 aliphatic rings. The van der Waals surface area contributed by atoms with Gasteiger partial charge in [0, 0.05) is 25.7 Å². The van der Waals surface area contributed by atoms with E-state index in [1.807, 2.05) is 0 Å². The number of hydrogen-bond donors (Lipinski definition) is 1. The summed E-state index contributed by atoms with van der Waals surface area (Å²) in [6.07, 6.45) is 2.75. The fourth-order valence-electron chi connectivity index (χ4n) is 2.47. The molecule has 0 aromatic carbocycles. The van der Waals surface area contributed by atoms with Crippen molar-refractivity contribution >= 4 is 0 Å². The largest absolute Gasteiger partial charge is 0.318 e. The lowest BCUT2D eigenvalue weighted by Gasteiger charge is -2.27. The molecule has 15 heavy (non-hydrogen) atoms. The Hall–Kier alpha value is -0.120. The summed E-state index contributed by atoms with van der Waals surface area (Å²) in [6, 6.07) is 0.783. The van der Waals surface area contributed by atoms with Crippen LogP contribution in [0.4, 0.5) is 0 Å². The van der Waals surface area contributed by atoms with Crippen LogP contribution >= 0.6 is 0 Å². The third kappa shape index (κ3) is 4.09. The zero-order valence-electron chi connectivity index (χ0n) is 10.6. The van der Waals surface area contributed by atoms with Gasteiger partial charge in [-0.3, -0.25) is 4.90 Å². The molecule has 1 fully saturated rings. The summed E-state index contributed by atoms with van der Waals surface area (Å²) < 4.78 is 0. The molecule has 90 valence electrons. The average Bonchev–Trinajstić information content (AvgIpc) is 2.68. The quantitative estimate of drug-likeness (QED) is 0.681. The molecule has 0 spiro atoms. The first kappa shape index (κ1) is 12.9. The van der Waals surface area contributed by atoms with Crippen LogP contribution in [0.3, 0.4) is 0 Å². The highest BCUT2D eigenvalue weighted by molar-refractivity contribution is 4.80. The van der Waals surface area contributed by atoms with Crippen LogP contribution in [0, 0.1) is 0 Å². The molecule has 1 atom stereocenters. The molecule has 1 unspecified atom stereocenters. The van der Waals surface area contributed by atoms with E-state index in [9.17, 15) is 0 Å². The van der Waals surface area contributed by atoms with E-state index in [4.69, 9.17) is 0 Å². The zero-order chi connectivity index (χ0) is 11.1. The number of likely N-dealkylation sites (N-methyl/N-ethyl adjacent to an activating group) is 2. The monoisotopic (exact) mass is 213 g/mol. The van der Waals surface area contributed by atoms with Crippen LogP contribution in [0.25, 0.3) is 0 Å². The van der Waals surface area contributed by atoms with Crippen molar-refractivity contribution in [3.8, 4) is 0 Å². The second kappa shape index (κ2) is 7.20. The molecule has 0 saturated carbocycles. The molecule has 0 radical (unpaired) electrons. The number of rotatable bonds is 7. The molecule has 1 saturated heterocycles. The number of nitrogens with zero attached hydrogens (tertiary/aromatic N) is 2. The van der Waals surface area contributed by atoms with Crippen molar-refractivity contribution in [3.63, 3.8) is 0 Å². The third-order valence-corrected chi connectivity index (χ3v) is 3.54. The summed E-state index contributed by atoms with van der Waals surface area (Å²) >= 11 is 0. The SMILES string of the molecule is CCN(CC)CCN1CCCC1CNC. The average molecular weight is 213 g/mol. The molecular formula is C12H27N3. The lowest BCUT2D eigenvalue weighted by Crippen LogP contribution is -2.41. The molecule has 0 bridgehead atoms. The highest BCUT2D eigenvalue weighted by Crippen LogP contribution is 2.15. The van der Waals surface area contributed by atoms with Crippen LogP contribution in [0.1, 0.15) is 26.7 Å². The molecule has 0 amide bonds. The Labute approximate surface area is 94.8 Å². The number of hydrogen-bond acceptors (Lipinski definition) is 3. The van der Waals surface area contributed by atoms with Gasteiger partial charge in [0.1, 0.15) is 0 Å². The summed E-state index contributed by atoms with van der Waals surface area (Å²) in [5.74, 6) is 0. The van der Waals surface area contributed by atoms with Crippen molar-refractivity contribution in [1.29, 1.82) is 0 Å². The summed E-state index contributed by atoms with van der Waals surface area (Å²) in [7, 11) is 2.06. The van der Waals surface area contributed by atoms with Gasteiger partial charge in [0.05, 0.1) is 0 Å². The first-order valence-electron chi connectivity index (χ1n) is 6.42. The van der Waals surface area contributed by atoms with Crippen LogP contribution in [-0.4, -0.2) is 62.2 Å². The molecule has 1 N–H and O–H groups in total. The van der Waals surface area contributed by atoms with Crippen molar-refractivity contribution in [2.45, 2.75) is 32.7 Å². The van der Waals surface area contributed by atoms with Crippen LogP contribution in [0.2, 0.25) is 0 Å². The van der Waals surface area contributed by atoms with Gasteiger partial charge in [-0.25, -0.2) is 0 Å². The Bertz CT molecular complexity index is 157. The smallest absolute Gasteiger partial charge is 0.0221 e. The van der Waals surface area contributed by atoms with Crippen molar-refractivity contribution in [3.05, 3.63) is 0 Å². The first-order chi connectivity index (χ1) is 7.31. The van der Waals surface area contributed by atoms with Crippen molar-refractivity contribution in [2.75, 3.05) is 46.3 Å². The van der Waals surface area contributed by atoms with Crippen LogP contribution in [0.5, 0.6) is 0 Å². The molecule has 1 heterocycles. The predicted octanol–water partition coefficient (Wildman–Crippen LogP) is 1.01. The number of nitrogens with one attached hydrogen (secondary N) is 1. The lowest BCUT2D eigenvalue weighted by atomic mass is 10.2. The molecule has 0 aliphatic carbocycles. The van der Waals surface area contributed by atoms with Crippen molar-refractivity contribution < 1.29 is 0 Å². The van der Waals surface area contributed by atoms with E-state index < -0.39 is 0 Å². The Morgan fingerprint density at radius 1 is 1.33 bits per heavy atom. The van der Waals surface area contributed by atoms with Gasteiger partial charge in [0.25, 0.3) is 0 Å². The minimum absolute atomic E-state index is 0.783. The van der Waals surface area contributed by atoms with E-state index in [2.05, 4.69) is 36.0 Å². The van der Waals surface area contributed by atoms with Gasteiger partial charge in [-0.2, -0.15) is 0 Å². The van der Waals surface area contributed by atoms with Gasteiger partial charge in [0.2, 0.25) is 0 Å². The van der Waals surface area contributed by atoms with Gasteiger partial charge in [-0.1, -0.05) is 13.8 Å². The van der Waals surface area contributed by atoms with Gasteiger partial charge in [-0.05, 0) is 39.5 Å². The zero-order valence-corrected chi connectivity index (χ0v) is 10.6. The first-order valence-corrected chi connectivity index (χ1v) is 6.42. The van der Waals surface area contributed by atoms with E-state index in [0.29, 0.717) is 0 Å². The predicted molar refractivity (Wildman–Crippen MR) is 66.3 cm³/mol. The van der Waals surface area contributed by atoms with Gasteiger partial charge in [-0.15, -0.1) is 0 Å². The van der Waals surface area contributed by atoms with Gasteiger partial charge < -0.3 is 10.2 Å². The molecule has 1 aliphatic heterocycles. The molecule has 3 heteroatoms. The summed E-state index contributed by atoms with van der Waals surface area (Å²) in [4.78, 5) is 5.16. The van der Waals surface area contributed by atoms with Crippen molar-refractivity contribution in [2.24, 2.45) is 0 Å². The fraction of sp³-hybridized carbons (Fsp3) is 1.00. The molecular weight excluding hydrogens is 186 g/mol. The van der Waals surface area contributed by atoms with E-state index in [0.717, 1.165) is 12.6 Å². The Morgan fingerprint density at radius 2 is 2.07 bits per heavy atom. The minimum Gasteiger partial charge on any atom is -0.318 e. The maximum Gasteiger partial charge on any atom is 0.0221 e. The van der Waals surface area contributed by atoms with Crippen LogP contribution in [-0.2, 0) is 0 Å². The van der Waals surface area contributed by atoms with Gasteiger partial charge in [0.15, 0.2) is 0 Å². The maximum atomic E-state index is 3.30. The lowest BCUT2D eigenvalue weighted by molar-refractivity contribution is 0.201. The maximum absolute atomic E-state index is 3.30. The highest BCUT2D eigenvalue weighted by atomic mass is 15.2. The van der Waals surface area contributed by atoms with E-state index in [1.165, 1.54) is 45.6 Å². The van der Waals surface area contributed by atoms with E-state index in [-0.39, 0.29) is 0 Å². The standard InChI is InChI=1S/C12H27N3/c1-4-14(5-2)9-10-15-8-6-7-12(15)11-13-3/h12-13H,4-11H2,1-3H3. The normalized spacial score (nSPS) is 22.8. The Morgan fingerprint density at radius 3 is 2.67 bits per heavy atom. The molecule has 0 aromatic heterocycles.